The maximum Gasteiger partial charge on any atom is 0.0143 e. The third-order valence-electron chi connectivity index (χ3n) is 2.40. The molecule has 0 bridgehead atoms. The van der Waals surface area contributed by atoms with Crippen molar-refractivity contribution in [2.75, 3.05) is 6.54 Å². The fourth-order valence-electron chi connectivity index (χ4n) is 1.70. The summed E-state index contributed by atoms with van der Waals surface area (Å²) in [6.45, 7) is 14.2. The van der Waals surface area contributed by atoms with E-state index in [0.29, 0.717) is 5.41 Å². The van der Waals surface area contributed by atoms with Crippen LogP contribution in [0, 0.1) is 5.41 Å². The molecule has 90 valence electrons. The molecule has 0 radical (unpaired) electrons. The van der Waals surface area contributed by atoms with Crippen molar-refractivity contribution in [3.63, 3.8) is 0 Å². The molecule has 0 atom stereocenters. The molecule has 0 heterocycles. The van der Waals surface area contributed by atoms with Crippen LogP contribution in [-0.4, -0.2) is 6.54 Å². The number of rotatable bonds is 8. The lowest BCUT2D eigenvalue weighted by molar-refractivity contribution is 0.398. The average Bonchev–Trinajstić information content (AvgIpc) is 2.08. The van der Waals surface area contributed by atoms with Crippen molar-refractivity contribution in [2.24, 2.45) is 5.41 Å². The first-order valence-electron chi connectivity index (χ1n) is 6.37. The Morgan fingerprint density at radius 2 is 1.67 bits per heavy atom. The lowest BCUT2D eigenvalue weighted by Gasteiger charge is -2.20. The van der Waals surface area contributed by atoms with Crippen molar-refractivity contribution in [1.29, 1.82) is 0 Å². The van der Waals surface area contributed by atoms with Gasteiger partial charge in [-0.15, -0.1) is 0 Å². The van der Waals surface area contributed by atoms with E-state index in [1.807, 2.05) is 0 Å². The highest BCUT2D eigenvalue weighted by molar-refractivity contribution is 4.94. The lowest BCUT2D eigenvalue weighted by Crippen LogP contribution is -2.18. The van der Waals surface area contributed by atoms with Crippen molar-refractivity contribution in [3.8, 4) is 0 Å². The second-order valence-electron chi connectivity index (χ2n) is 5.68. The molecule has 0 aliphatic heterocycles. The fraction of sp³-hybridized carbons (Fsp3) is 0.857. The molecule has 0 aromatic carbocycles. The highest BCUT2D eigenvalue weighted by Gasteiger charge is 2.11. The van der Waals surface area contributed by atoms with E-state index in [1.165, 1.54) is 37.8 Å². The molecule has 0 aliphatic carbocycles. The van der Waals surface area contributed by atoms with Gasteiger partial charge in [0.15, 0.2) is 0 Å². The van der Waals surface area contributed by atoms with Crippen LogP contribution in [0.4, 0.5) is 0 Å². The quantitative estimate of drug-likeness (QED) is 0.583. The summed E-state index contributed by atoms with van der Waals surface area (Å²) < 4.78 is 0. The first-order chi connectivity index (χ1) is 6.95. The highest BCUT2D eigenvalue weighted by Crippen LogP contribution is 2.21. The molecule has 0 saturated carbocycles. The molecule has 0 aliphatic rings. The lowest BCUT2D eigenvalue weighted by atomic mass is 9.91. The number of nitrogens with one attached hydrogen (secondary N) is 1. The van der Waals surface area contributed by atoms with Gasteiger partial charge in [0, 0.05) is 12.2 Å². The summed E-state index contributed by atoms with van der Waals surface area (Å²) in [6.07, 6.45) is 7.78. The summed E-state index contributed by atoms with van der Waals surface area (Å²) in [6, 6.07) is 0. The zero-order valence-corrected chi connectivity index (χ0v) is 11.2. The highest BCUT2D eigenvalue weighted by atomic mass is 14.9. The number of hydrogen-bond acceptors (Lipinski definition) is 1. The largest absolute Gasteiger partial charge is 0.389 e. The van der Waals surface area contributed by atoms with E-state index in [0.717, 1.165) is 13.0 Å². The summed E-state index contributed by atoms with van der Waals surface area (Å²) in [5.41, 5.74) is 1.55. The molecule has 0 aromatic heterocycles. The predicted molar refractivity (Wildman–Crippen MR) is 70.0 cm³/mol. The Morgan fingerprint density at radius 3 is 2.20 bits per heavy atom. The Balaban J connectivity index is 3.32. The maximum atomic E-state index is 4.06. The maximum absolute atomic E-state index is 4.06. The molecule has 0 rings (SSSR count). The molecule has 0 aromatic rings. The number of hydrogen-bond donors (Lipinski definition) is 1. The summed E-state index contributed by atoms with van der Waals surface area (Å²) >= 11 is 0. The topological polar surface area (TPSA) is 12.0 Å². The molecule has 15 heavy (non-hydrogen) atoms. The third-order valence-corrected chi connectivity index (χ3v) is 2.40. The molecule has 0 spiro atoms. The predicted octanol–water partition coefficient (Wildman–Crippen LogP) is 4.50. The molecule has 0 unspecified atom stereocenters. The Hall–Kier alpha value is -0.460. The standard InChI is InChI=1S/C14H29N/c1-6-7-8-9-10-11-15-13(2)12-14(3,4)5/h15H,2,6-12H2,1,3-5H3. The number of allylic oxidation sites excluding steroid dienone is 1. The van der Waals surface area contributed by atoms with E-state index in [-0.39, 0.29) is 0 Å². The molecular weight excluding hydrogens is 182 g/mol. The minimum absolute atomic E-state index is 0.353. The van der Waals surface area contributed by atoms with Crippen molar-refractivity contribution in [3.05, 3.63) is 12.3 Å². The van der Waals surface area contributed by atoms with Gasteiger partial charge in [-0.05, 0) is 18.3 Å². The summed E-state index contributed by atoms with van der Waals surface area (Å²) in [4.78, 5) is 0. The van der Waals surface area contributed by atoms with Crippen LogP contribution in [0.15, 0.2) is 12.3 Å². The third kappa shape index (κ3) is 11.5. The van der Waals surface area contributed by atoms with Gasteiger partial charge in [0.25, 0.3) is 0 Å². The van der Waals surface area contributed by atoms with Gasteiger partial charge in [0.1, 0.15) is 0 Å². The Morgan fingerprint density at radius 1 is 1.07 bits per heavy atom. The smallest absolute Gasteiger partial charge is 0.0143 e. The SMILES string of the molecule is C=C(CC(C)(C)C)NCCCCCCC. The van der Waals surface area contributed by atoms with E-state index in [1.54, 1.807) is 0 Å². The number of unbranched alkanes of at least 4 members (excludes halogenated alkanes) is 4. The van der Waals surface area contributed by atoms with E-state index >= 15 is 0 Å². The molecule has 0 amide bonds. The van der Waals surface area contributed by atoms with Gasteiger partial charge in [0.05, 0.1) is 0 Å². The second kappa shape index (κ2) is 7.78. The molecule has 0 fully saturated rings. The molecule has 1 heteroatoms. The minimum Gasteiger partial charge on any atom is -0.389 e. The fourth-order valence-corrected chi connectivity index (χ4v) is 1.70. The van der Waals surface area contributed by atoms with Gasteiger partial charge in [-0.1, -0.05) is 60.0 Å². The van der Waals surface area contributed by atoms with E-state index < -0.39 is 0 Å². The van der Waals surface area contributed by atoms with Crippen LogP contribution >= 0.6 is 0 Å². The minimum atomic E-state index is 0.353. The van der Waals surface area contributed by atoms with Gasteiger partial charge >= 0.3 is 0 Å². The summed E-state index contributed by atoms with van der Waals surface area (Å²) in [5, 5.41) is 3.42. The van der Waals surface area contributed by atoms with E-state index in [4.69, 9.17) is 0 Å². The van der Waals surface area contributed by atoms with Crippen molar-refractivity contribution >= 4 is 0 Å². The molecule has 0 saturated heterocycles. The Labute approximate surface area is 96.3 Å². The Bertz CT molecular complexity index is 165. The Kier molecular flexibility index (Phi) is 7.54. The van der Waals surface area contributed by atoms with Gasteiger partial charge in [-0.25, -0.2) is 0 Å². The average molecular weight is 211 g/mol. The summed E-state index contributed by atoms with van der Waals surface area (Å²) in [7, 11) is 0. The van der Waals surface area contributed by atoms with Crippen LogP contribution in [0.25, 0.3) is 0 Å². The zero-order chi connectivity index (χ0) is 11.7. The van der Waals surface area contributed by atoms with E-state index in [2.05, 4.69) is 39.6 Å². The first-order valence-corrected chi connectivity index (χ1v) is 6.37. The molecular formula is C14H29N. The first kappa shape index (κ1) is 14.5. The van der Waals surface area contributed by atoms with Crippen molar-refractivity contribution in [1.82, 2.24) is 5.32 Å². The van der Waals surface area contributed by atoms with Gasteiger partial charge in [-0.3, -0.25) is 0 Å². The normalized spacial score (nSPS) is 11.5. The molecule has 1 nitrogen and oxygen atoms in total. The second-order valence-corrected chi connectivity index (χ2v) is 5.68. The van der Waals surface area contributed by atoms with Gasteiger partial charge < -0.3 is 5.32 Å². The van der Waals surface area contributed by atoms with E-state index in [9.17, 15) is 0 Å². The van der Waals surface area contributed by atoms with Gasteiger partial charge in [0.2, 0.25) is 0 Å². The van der Waals surface area contributed by atoms with Crippen LogP contribution in [-0.2, 0) is 0 Å². The monoisotopic (exact) mass is 211 g/mol. The van der Waals surface area contributed by atoms with Crippen LogP contribution in [0.3, 0.4) is 0 Å². The van der Waals surface area contributed by atoms with Crippen molar-refractivity contribution in [2.45, 2.75) is 66.2 Å². The van der Waals surface area contributed by atoms with Crippen LogP contribution in [0.2, 0.25) is 0 Å². The molecule has 1 N–H and O–H groups in total. The van der Waals surface area contributed by atoms with Gasteiger partial charge in [-0.2, -0.15) is 0 Å². The van der Waals surface area contributed by atoms with Crippen LogP contribution in [0.5, 0.6) is 0 Å². The van der Waals surface area contributed by atoms with Crippen molar-refractivity contribution < 1.29 is 0 Å². The summed E-state index contributed by atoms with van der Waals surface area (Å²) in [5.74, 6) is 0. The zero-order valence-electron chi connectivity index (χ0n) is 11.2. The van der Waals surface area contributed by atoms with Crippen LogP contribution in [0.1, 0.15) is 66.2 Å². The van der Waals surface area contributed by atoms with Crippen LogP contribution < -0.4 is 5.32 Å².